The zero-order chi connectivity index (χ0) is 19.6. The summed E-state index contributed by atoms with van der Waals surface area (Å²) in [6.07, 6.45) is 4.08. The Kier molecular flexibility index (Phi) is 7.82. The maximum Gasteiger partial charge on any atom is 0.191 e. The van der Waals surface area contributed by atoms with E-state index in [1.165, 1.54) is 5.56 Å². The predicted molar refractivity (Wildman–Crippen MR) is 114 cm³/mol. The zero-order valence-electron chi connectivity index (χ0n) is 16.9. The number of guanidine groups is 1. The van der Waals surface area contributed by atoms with Crippen molar-refractivity contribution in [2.45, 2.75) is 25.4 Å². The van der Waals surface area contributed by atoms with E-state index in [1.807, 2.05) is 31.4 Å². The number of nitrogens with zero attached hydrogens (tertiary/aromatic N) is 3. The normalized spacial score (nSPS) is 16.1. The average molecular weight is 382 g/mol. The Labute approximate surface area is 168 Å². The minimum absolute atomic E-state index is 0.463. The van der Waals surface area contributed by atoms with Crippen LogP contribution in [0.25, 0.3) is 11.3 Å². The summed E-state index contributed by atoms with van der Waals surface area (Å²) in [5.74, 6) is 0.860. The van der Waals surface area contributed by atoms with Gasteiger partial charge >= 0.3 is 0 Å². The fraction of sp³-hybridized carbons (Fsp3) is 0.455. The summed E-state index contributed by atoms with van der Waals surface area (Å²) in [5, 5.41) is 7.01. The number of benzene rings is 1. The van der Waals surface area contributed by atoms with Crippen LogP contribution in [0.1, 0.15) is 18.4 Å². The average Bonchev–Trinajstić information content (AvgIpc) is 2.77. The maximum absolute atomic E-state index is 5.17. The van der Waals surface area contributed by atoms with Crippen molar-refractivity contribution in [1.29, 1.82) is 0 Å². The third-order valence-electron chi connectivity index (χ3n) is 5.11. The number of rotatable bonds is 7. The number of piperidine rings is 1. The molecule has 1 aliphatic rings. The number of ether oxygens (including phenoxy) is 1. The van der Waals surface area contributed by atoms with Gasteiger partial charge in [-0.1, -0.05) is 24.3 Å². The topological polar surface area (TPSA) is 61.8 Å². The van der Waals surface area contributed by atoms with Gasteiger partial charge in [0.2, 0.25) is 0 Å². The highest BCUT2D eigenvalue weighted by Gasteiger charge is 2.19. The van der Waals surface area contributed by atoms with Gasteiger partial charge in [0.1, 0.15) is 0 Å². The summed E-state index contributed by atoms with van der Waals surface area (Å²) in [4.78, 5) is 11.3. The van der Waals surface area contributed by atoms with Crippen LogP contribution in [-0.4, -0.2) is 62.3 Å². The molecular weight excluding hydrogens is 350 g/mol. The summed E-state index contributed by atoms with van der Waals surface area (Å²) >= 11 is 0. The van der Waals surface area contributed by atoms with Crippen molar-refractivity contribution in [3.63, 3.8) is 0 Å². The highest BCUT2D eigenvalue weighted by molar-refractivity contribution is 5.80. The van der Waals surface area contributed by atoms with Crippen LogP contribution in [0.4, 0.5) is 0 Å². The molecule has 1 aliphatic heterocycles. The molecular formula is C22H31N5O. The van der Waals surface area contributed by atoms with Gasteiger partial charge in [0.05, 0.1) is 12.3 Å². The first kappa shape index (κ1) is 20.3. The van der Waals surface area contributed by atoms with Crippen molar-refractivity contribution in [2.24, 2.45) is 4.99 Å². The molecule has 2 heterocycles. The maximum atomic E-state index is 5.17. The number of methoxy groups -OCH3 is 1. The smallest absolute Gasteiger partial charge is 0.191 e. The van der Waals surface area contributed by atoms with Gasteiger partial charge in [-0.15, -0.1) is 0 Å². The van der Waals surface area contributed by atoms with Crippen molar-refractivity contribution in [2.75, 3.05) is 40.4 Å². The van der Waals surface area contributed by atoms with Crippen LogP contribution in [0, 0.1) is 0 Å². The van der Waals surface area contributed by atoms with Gasteiger partial charge in [0, 0.05) is 58.1 Å². The quantitative estimate of drug-likeness (QED) is 0.570. The summed E-state index contributed by atoms with van der Waals surface area (Å²) in [7, 11) is 3.59. The Bertz CT molecular complexity index is 742. The first-order chi connectivity index (χ1) is 13.8. The molecule has 0 bridgehead atoms. The number of aliphatic imine (C=N–C) groups is 1. The number of hydrogen-bond donors (Lipinski definition) is 2. The van der Waals surface area contributed by atoms with Crippen LogP contribution in [-0.2, 0) is 11.3 Å². The summed E-state index contributed by atoms with van der Waals surface area (Å²) < 4.78 is 5.17. The Balaban J connectivity index is 1.48. The Morgan fingerprint density at radius 3 is 2.79 bits per heavy atom. The Hall–Kier alpha value is -2.44. The minimum atomic E-state index is 0.463. The highest BCUT2D eigenvalue weighted by atomic mass is 16.5. The van der Waals surface area contributed by atoms with Crippen LogP contribution < -0.4 is 10.6 Å². The molecule has 1 aromatic carbocycles. The molecule has 0 saturated carbocycles. The molecule has 3 rings (SSSR count). The van der Waals surface area contributed by atoms with Gasteiger partial charge in [-0.3, -0.25) is 9.98 Å². The lowest BCUT2D eigenvalue weighted by Crippen LogP contribution is -2.48. The molecule has 1 fully saturated rings. The monoisotopic (exact) mass is 381 g/mol. The van der Waals surface area contributed by atoms with Crippen LogP contribution in [0.3, 0.4) is 0 Å². The third-order valence-corrected chi connectivity index (χ3v) is 5.11. The van der Waals surface area contributed by atoms with Crippen LogP contribution in [0.5, 0.6) is 0 Å². The summed E-state index contributed by atoms with van der Waals surface area (Å²) in [5.41, 5.74) is 3.33. The second-order valence-corrected chi connectivity index (χ2v) is 7.09. The van der Waals surface area contributed by atoms with Gasteiger partial charge in [-0.25, -0.2) is 0 Å². The fourth-order valence-corrected chi connectivity index (χ4v) is 3.47. The SMILES string of the molecule is CN=C(NCc1cccc(-c2ccccn2)c1)NC1CCN(CCOC)CC1. The van der Waals surface area contributed by atoms with E-state index in [-0.39, 0.29) is 0 Å². The van der Waals surface area contributed by atoms with Crippen molar-refractivity contribution in [1.82, 2.24) is 20.5 Å². The van der Waals surface area contributed by atoms with Crippen LogP contribution >= 0.6 is 0 Å². The van der Waals surface area contributed by atoms with Gasteiger partial charge in [-0.2, -0.15) is 0 Å². The molecule has 0 amide bonds. The molecule has 2 aromatic rings. The lowest BCUT2D eigenvalue weighted by molar-refractivity contribution is 0.128. The first-order valence-electron chi connectivity index (χ1n) is 9.97. The largest absolute Gasteiger partial charge is 0.383 e. The fourth-order valence-electron chi connectivity index (χ4n) is 3.47. The summed E-state index contributed by atoms with van der Waals surface area (Å²) in [6, 6.07) is 14.9. The molecule has 150 valence electrons. The van der Waals surface area contributed by atoms with Gasteiger partial charge in [-0.05, 0) is 36.6 Å². The van der Waals surface area contributed by atoms with Crippen LogP contribution in [0.15, 0.2) is 53.7 Å². The van der Waals surface area contributed by atoms with Crippen molar-refractivity contribution < 1.29 is 4.74 Å². The van der Waals surface area contributed by atoms with Crippen molar-refractivity contribution in [3.05, 3.63) is 54.2 Å². The molecule has 0 unspecified atom stereocenters. The standard InChI is InChI=1S/C22H31N5O/c1-23-22(26-20-9-12-27(13-10-20)14-15-28-2)25-17-18-6-5-7-19(16-18)21-8-3-4-11-24-21/h3-8,11,16,20H,9-10,12-15,17H2,1-2H3,(H2,23,25,26). The number of likely N-dealkylation sites (tertiary alicyclic amines) is 1. The van der Waals surface area contributed by atoms with Gasteiger partial charge < -0.3 is 20.3 Å². The second-order valence-electron chi connectivity index (χ2n) is 7.09. The molecule has 0 radical (unpaired) electrons. The second kappa shape index (κ2) is 10.8. The number of hydrogen-bond acceptors (Lipinski definition) is 4. The zero-order valence-corrected chi connectivity index (χ0v) is 16.9. The molecule has 1 saturated heterocycles. The van der Waals surface area contributed by atoms with E-state index in [2.05, 4.69) is 49.8 Å². The van der Waals surface area contributed by atoms with Gasteiger partial charge in [0.25, 0.3) is 0 Å². The van der Waals surface area contributed by atoms with E-state index in [0.717, 1.165) is 62.8 Å². The molecule has 0 atom stereocenters. The van der Waals surface area contributed by atoms with E-state index in [0.29, 0.717) is 6.04 Å². The molecule has 6 nitrogen and oxygen atoms in total. The molecule has 0 aliphatic carbocycles. The number of pyridine rings is 1. The van der Waals surface area contributed by atoms with E-state index in [9.17, 15) is 0 Å². The third kappa shape index (κ3) is 6.04. The molecule has 0 spiro atoms. The van der Waals surface area contributed by atoms with Crippen molar-refractivity contribution >= 4 is 5.96 Å². The number of nitrogens with one attached hydrogen (secondary N) is 2. The molecule has 2 N–H and O–H groups in total. The molecule has 6 heteroatoms. The van der Waals surface area contributed by atoms with Gasteiger partial charge in [0.15, 0.2) is 5.96 Å². The summed E-state index contributed by atoms with van der Waals surface area (Å²) in [6.45, 7) is 4.75. The van der Waals surface area contributed by atoms with E-state index in [1.54, 1.807) is 7.11 Å². The molecule has 28 heavy (non-hydrogen) atoms. The predicted octanol–water partition coefficient (Wildman–Crippen LogP) is 2.52. The van der Waals surface area contributed by atoms with E-state index in [4.69, 9.17) is 4.74 Å². The van der Waals surface area contributed by atoms with E-state index >= 15 is 0 Å². The highest BCUT2D eigenvalue weighted by Crippen LogP contribution is 2.17. The van der Waals surface area contributed by atoms with Crippen molar-refractivity contribution in [3.8, 4) is 11.3 Å². The Morgan fingerprint density at radius 2 is 2.07 bits per heavy atom. The minimum Gasteiger partial charge on any atom is -0.383 e. The van der Waals surface area contributed by atoms with E-state index < -0.39 is 0 Å². The lowest BCUT2D eigenvalue weighted by Gasteiger charge is -2.32. The lowest BCUT2D eigenvalue weighted by atomic mass is 10.1. The first-order valence-corrected chi connectivity index (χ1v) is 9.97. The number of aromatic nitrogens is 1. The van der Waals surface area contributed by atoms with Crippen LogP contribution in [0.2, 0.25) is 0 Å². The molecule has 1 aromatic heterocycles. The Morgan fingerprint density at radius 1 is 1.21 bits per heavy atom.